The zero-order chi connectivity index (χ0) is 9.10. The van der Waals surface area contributed by atoms with Crippen LogP contribution < -0.4 is 5.32 Å². The van der Waals surface area contributed by atoms with E-state index in [0.29, 0.717) is 0 Å². The van der Waals surface area contributed by atoms with E-state index in [9.17, 15) is 4.79 Å². The molecule has 0 aliphatic heterocycles. The highest BCUT2D eigenvalue weighted by molar-refractivity contribution is 5.50. The van der Waals surface area contributed by atoms with Crippen LogP contribution in [0.2, 0.25) is 0 Å². The van der Waals surface area contributed by atoms with E-state index in [1.165, 1.54) is 31.3 Å². The topological polar surface area (TPSA) is 29.1 Å². The number of carbonyl (C=O) groups is 1. The van der Waals surface area contributed by atoms with Gasteiger partial charge in [-0.2, -0.15) is 0 Å². The van der Waals surface area contributed by atoms with Crippen LogP contribution in [0.3, 0.4) is 0 Å². The third-order valence-corrected chi connectivity index (χ3v) is 2.93. The number of hydrogen-bond acceptors (Lipinski definition) is 1. The van der Waals surface area contributed by atoms with Crippen molar-refractivity contribution in [2.75, 3.05) is 0 Å². The summed E-state index contributed by atoms with van der Waals surface area (Å²) in [4.78, 5) is 10.4. The molecule has 2 aliphatic carbocycles. The maximum absolute atomic E-state index is 10.4. The Kier molecular flexibility index (Phi) is 2.48. The summed E-state index contributed by atoms with van der Waals surface area (Å²) in [7, 11) is 0. The number of amides is 1. The smallest absolute Gasteiger partial charge is 0.207 e. The van der Waals surface area contributed by atoms with Crippen LogP contribution in [0, 0.1) is 0 Å². The molecule has 0 saturated heterocycles. The Labute approximate surface area is 78.7 Å². The van der Waals surface area contributed by atoms with Crippen molar-refractivity contribution in [1.29, 1.82) is 0 Å². The van der Waals surface area contributed by atoms with Gasteiger partial charge in [0.1, 0.15) is 0 Å². The fourth-order valence-corrected chi connectivity index (χ4v) is 2.29. The molecule has 2 rings (SSSR count). The van der Waals surface area contributed by atoms with Crippen molar-refractivity contribution in [3.05, 3.63) is 23.3 Å². The highest BCUT2D eigenvalue weighted by Gasteiger charge is 2.21. The van der Waals surface area contributed by atoms with Crippen molar-refractivity contribution < 1.29 is 4.79 Å². The number of rotatable bonds is 2. The Morgan fingerprint density at radius 1 is 1.46 bits per heavy atom. The summed E-state index contributed by atoms with van der Waals surface area (Å²) in [5.41, 5.74) is 2.94. The van der Waals surface area contributed by atoms with E-state index in [0.717, 1.165) is 12.8 Å². The van der Waals surface area contributed by atoms with Gasteiger partial charge in [0, 0.05) is 0 Å². The van der Waals surface area contributed by atoms with Crippen LogP contribution in [-0.4, -0.2) is 12.5 Å². The van der Waals surface area contributed by atoms with Gasteiger partial charge in [-0.1, -0.05) is 17.7 Å². The number of carbonyl (C=O) groups excluding carboxylic acids is 1. The molecule has 1 atom stereocenters. The molecule has 0 spiro atoms. The van der Waals surface area contributed by atoms with Crippen molar-refractivity contribution in [2.24, 2.45) is 0 Å². The van der Waals surface area contributed by atoms with E-state index in [-0.39, 0.29) is 6.04 Å². The lowest BCUT2D eigenvalue weighted by Gasteiger charge is -2.28. The van der Waals surface area contributed by atoms with Crippen LogP contribution >= 0.6 is 0 Å². The van der Waals surface area contributed by atoms with Crippen molar-refractivity contribution >= 4 is 6.41 Å². The van der Waals surface area contributed by atoms with Crippen LogP contribution in [0.5, 0.6) is 0 Å². The van der Waals surface area contributed by atoms with Crippen LogP contribution in [0.4, 0.5) is 0 Å². The second-order valence-corrected chi connectivity index (χ2v) is 3.73. The first-order chi connectivity index (χ1) is 6.42. The standard InChI is InChI=1S/C11H15NO/c13-8-12-11-7-3-5-9-4-1-2-6-10(9)11/h2,6,8,11H,1,3-5,7H2,(H,12,13)/t11-/m1/s1. The van der Waals surface area contributed by atoms with Gasteiger partial charge in [-0.25, -0.2) is 0 Å². The van der Waals surface area contributed by atoms with E-state index >= 15 is 0 Å². The van der Waals surface area contributed by atoms with E-state index in [1.807, 2.05) is 0 Å². The minimum Gasteiger partial charge on any atom is -0.352 e. The van der Waals surface area contributed by atoms with Crippen molar-refractivity contribution in [1.82, 2.24) is 5.32 Å². The summed E-state index contributed by atoms with van der Waals surface area (Å²) in [6.07, 6.45) is 11.2. The van der Waals surface area contributed by atoms with E-state index in [1.54, 1.807) is 5.57 Å². The monoisotopic (exact) mass is 177 g/mol. The molecule has 1 N–H and O–H groups in total. The molecule has 0 fully saturated rings. The molecule has 0 aromatic heterocycles. The van der Waals surface area contributed by atoms with Crippen molar-refractivity contribution in [3.8, 4) is 0 Å². The average Bonchev–Trinajstić information content (AvgIpc) is 2.19. The first-order valence-corrected chi connectivity index (χ1v) is 5.00. The highest BCUT2D eigenvalue weighted by atomic mass is 16.1. The lowest BCUT2D eigenvalue weighted by molar-refractivity contribution is -0.110. The minimum absolute atomic E-state index is 0.290. The zero-order valence-corrected chi connectivity index (χ0v) is 7.75. The summed E-state index contributed by atoms with van der Waals surface area (Å²) in [5.74, 6) is 0. The summed E-state index contributed by atoms with van der Waals surface area (Å²) in [6.45, 7) is 0. The number of allylic oxidation sites excluding steroid dienone is 2. The molecule has 2 nitrogen and oxygen atoms in total. The van der Waals surface area contributed by atoms with E-state index < -0.39 is 0 Å². The zero-order valence-electron chi connectivity index (χ0n) is 7.75. The van der Waals surface area contributed by atoms with Crippen LogP contribution in [0.1, 0.15) is 32.1 Å². The Morgan fingerprint density at radius 2 is 2.38 bits per heavy atom. The molecule has 0 radical (unpaired) electrons. The van der Waals surface area contributed by atoms with Gasteiger partial charge >= 0.3 is 0 Å². The molecular weight excluding hydrogens is 162 g/mol. The number of nitrogens with one attached hydrogen (secondary N) is 1. The third-order valence-electron chi connectivity index (χ3n) is 2.93. The summed E-state index contributed by atoms with van der Waals surface area (Å²) < 4.78 is 0. The average molecular weight is 177 g/mol. The second-order valence-electron chi connectivity index (χ2n) is 3.73. The first-order valence-electron chi connectivity index (χ1n) is 5.00. The number of hydrogen-bond donors (Lipinski definition) is 1. The fraction of sp³-hybridized carbons (Fsp3) is 0.545. The highest BCUT2D eigenvalue weighted by Crippen LogP contribution is 2.31. The normalized spacial score (nSPS) is 26.9. The van der Waals surface area contributed by atoms with Gasteiger partial charge in [-0.05, 0) is 37.7 Å². The molecule has 70 valence electrons. The third kappa shape index (κ3) is 1.67. The van der Waals surface area contributed by atoms with Gasteiger partial charge < -0.3 is 5.32 Å². The molecule has 13 heavy (non-hydrogen) atoms. The van der Waals surface area contributed by atoms with Crippen LogP contribution in [0.15, 0.2) is 23.3 Å². The van der Waals surface area contributed by atoms with Gasteiger partial charge in [0.05, 0.1) is 6.04 Å². The van der Waals surface area contributed by atoms with Gasteiger partial charge in [-0.15, -0.1) is 0 Å². The minimum atomic E-state index is 0.290. The fourth-order valence-electron chi connectivity index (χ4n) is 2.29. The predicted molar refractivity (Wildman–Crippen MR) is 52.2 cm³/mol. The maximum Gasteiger partial charge on any atom is 0.207 e. The Hall–Kier alpha value is -1.05. The Balaban J connectivity index is 2.20. The lowest BCUT2D eigenvalue weighted by atomic mass is 9.83. The van der Waals surface area contributed by atoms with E-state index in [2.05, 4.69) is 17.5 Å². The molecule has 0 aromatic carbocycles. The Morgan fingerprint density at radius 3 is 3.23 bits per heavy atom. The molecule has 0 heterocycles. The van der Waals surface area contributed by atoms with Crippen LogP contribution in [-0.2, 0) is 4.79 Å². The molecule has 2 heteroatoms. The van der Waals surface area contributed by atoms with Gasteiger partial charge in [0.25, 0.3) is 0 Å². The van der Waals surface area contributed by atoms with Crippen molar-refractivity contribution in [2.45, 2.75) is 38.1 Å². The van der Waals surface area contributed by atoms with Gasteiger partial charge in [-0.3, -0.25) is 4.79 Å². The second kappa shape index (κ2) is 3.77. The predicted octanol–water partition coefficient (Wildman–Crippen LogP) is 1.93. The summed E-state index contributed by atoms with van der Waals surface area (Å²) in [6, 6.07) is 0.290. The molecule has 0 unspecified atom stereocenters. The first kappa shape index (κ1) is 8.54. The molecule has 1 amide bonds. The summed E-state index contributed by atoms with van der Waals surface area (Å²) >= 11 is 0. The largest absolute Gasteiger partial charge is 0.352 e. The van der Waals surface area contributed by atoms with E-state index in [4.69, 9.17) is 0 Å². The van der Waals surface area contributed by atoms with Crippen molar-refractivity contribution in [3.63, 3.8) is 0 Å². The molecular formula is C11H15NO. The van der Waals surface area contributed by atoms with Gasteiger partial charge in [0.15, 0.2) is 0 Å². The lowest BCUT2D eigenvalue weighted by Crippen LogP contribution is -2.32. The Bertz CT molecular complexity index is 265. The molecule has 0 aromatic rings. The van der Waals surface area contributed by atoms with Gasteiger partial charge in [0.2, 0.25) is 6.41 Å². The molecule has 0 saturated carbocycles. The summed E-state index contributed by atoms with van der Waals surface area (Å²) in [5, 5.41) is 2.89. The van der Waals surface area contributed by atoms with Crippen LogP contribution in [0.25, 0.3) is 0 Å². The quantitative estimate of drug-likeness (QED) is 0.641. The molecule has 2 aliphatic rings. The molecule has 0 bridgehead atoms. The SMILES string of the molecule is O=CN[C@@H]1CCCC2=C1C=CCC2. The maximum atomic E-state index is 10.4.